The van der Waals surface area contributed by atoms with Crippen molar-refractivity contribution >= 4 is 5.91 Å². The molecule has 1 rings (SSSR count). The monoisotopic (exact) mass is 236 g/mol. The molecule has 0 aliphatic heterocycles. The van der Waals surface area contributed by atoms with Crippen LogP contribution in [0.15, 0.2) is 6.07 Å². The third kappa shape index (κ3) is 2.77. The molecule has 4 nitrogen and oxygen atoms in total. The van der Waals surface area contributed by atoms with Gasteiger partial charge in [0.05, 0.1) is 7.11 Å². The van der Waals surface area contributed by atoms with Gasteiger partial charge < -0.3 is 4.74 Å². The molecule has 0 spiro atoms. The summed E-state index contributed by atoms with van der Waals surface area (Å²) in [5.41, 5.74) is 6.37. The molecular formula is C13H20N2O2. The molecule has 0 aliphatic carbocycles. The zero-order chi connectivity index (χ0) is 13.2. The number of carbonyl (C=O) groups is 1. The Bertz CT molecular complexity index is 440. The van der Waals surface area contributed by atoms with Gasteiger partial charge in [0.25, 0.3) is 5.91 Å². The third-order valence-electron chi connectivity index (χ3n) is 2.80. The Balaban J connectivity index is 3.23. The van der Waals surface area contributed by atoms with Gasteiger partial charge in [-0.25, -0.2) is 5.01 Å². The van der Waals surface area contributed by atoms with E-state index in [2.05, 4.69) is 5.43 Å². The molecule has 1 aromatic rings. The molecule has 0 saturated heterocycles. The highest BCUT2D eigenvalue weighted by Crippen LogP contribution is 2.28. The van der Waals surface area contributed by atoms with Gasteiger partial charge in [-0.1, -0.05) is 0 Å². The Morgan fingerprint density at radius 1 is 1.24 bits per heavy atom. The number of amides is 1. The van der Waals surface area contributed by atoms with Crippen molar-refractivity contribution in [2.75, 3.05) is 21.2 Å². The number of ether oxygens (including phenoxy) is 1. The molecule has 17 heavy (non-hydrogen) atoms. The standard InChI is InChI=1S/C13H20N2O2/c1-8-7-11(13(16)14-15(4)5)9(2)10(3)12(8)17-6/h7H,1-6H3,(H,14,16). The van der Waals surface area contributed by atoms with Crippen LogP contribution in [-0.4, -0.2) is 32.1 Å². The normalized spacial score (nSPS) is 10.5. The Kier molecular flexibility index (Phi) is 4.12. The predicted octanol–water partition coefficient (Wildman–Crippen LogP) is 1.83. The van der Waals surface area contributed by atoms with Gasteiger partial charge >= 0.3 is 0 Å². The fraction of sp³-hybridized carbons (Fsp3) is 0.462. The molecule has 0 bridgehead atoms. The summed E-state index contributed by atoms with van der Waals surface area (Å²) < 4.78 is 5.33. The van der Waals surface area contributed by atoms with E-state index in [1.54, 1.807) is 26.2 Å². The van der Waals surface area contributed by atoms with Crippen molar-refractivity contribution in [3.8, 4) is 5.75 Å². The van der Waals surface area contributed by atoms with Crippen LogP contribution in [0.2, 0.25) is 0 Å². The summed E-state index contributed by atoms with van der Waals surface area (Å²) in [6.45, 7) is 5.84. The molecule has 0 unspecified atom stereocenters. The Morgan fingerprint density at radius 3 is 2.29 bits per heavy atom. The summed E-state index contributed by atoms with van der Waals surface area (Å²) >= 11 is 0. The first kappa shape index (κ1) is 13.5. The number of hydrazine groups is 1. The van der Waals surface area contributed by atoms with E-state index in [0.717, 1.165) is 22.4 Å². The van der Waals surface area contributed by atoms with Gasteiger partial charge in [0.2, 0.25) is 0 Å². The molecule has 94 valence electrons. The van der Waals surface area contributed by atoms with Crippen LogP contribution in [0.3, 0.4) is 0 Å². The number of aryl methyl sites for hydroxylation is 1. The van der Waals surface area contributed by atoms with Gasteiger partial charge in [0, 0.05) is 19.7 Å². The first-order valence-corrected chi connectivity index (χ1v) is 5.51. The lowest BCUT2D eigenvalue weighted by atomic mass is 9.98. The van der Waals surface area contributed by atoms with Gasteiger partial charge in [-0.05, 0) is 43.5 Å². The van der Waals surface area contributed by atoms with Crippen LogP contribution >= 0.6 is 0 Å². The molecule has 0 heterocycles. The predicted molar refractivity (Wildman–Crippen MR) is 68.4 cm³/mol. The fourth-order valence-corrected chi connectivity index (χ4v) is 1.87. The van der Waals surface area contributed by atoms with E-state index < -0.39 is 0 Å². The number of nitrogens with one attached hydrogen (secondary N) is 1. The maximum atomic E-state index is 12.0. The summed E-state index contributed by atoms with van der Waals surface area (Å²) in [7, 11) is 5.22. The van der Waals surface area contributed by atoms with Crippen molar-refractivity contribution in [2.24, 2.45) is 0 Å². The molecule has 1 N–H and O–H groups in total. The van der Waals surface area contributed by atoms with E-state index in [9.17, 15) is 4.79 Å². The number of benzene rings is 1. The number of nitrogens with zero attached hydrogens (tertiary/aromatic N) is 1. The molecule has 4 heteroatoms. The lowest BCUT2D eigenvalue weighted by molar-refractivity contribution is 0.0856. The van der Waals surface area contributed by atoms with Crippen LogP contribution in [0.4, 0.5) is 0 Å². The average Bonchev–Trinajstić information content (AvgIpc) is 2.23. The number of hydrogen-bond donors (Lipinski definition) is 1. The summed E-state index contributed by atoms with van der Waals surface area (Å²) in [6, 6.07) is 1.86. The van der Waals surface area contributed by atoms with E-state index >= 15 is 0 Å². The maximum Gasteiger partial charge on any atom is 0.265 e. The Morgan fingerprint density at radius 2 is 1.82 bits per heavy atom. The third-order valence-corrected chi connectivity index (χ3v) is 2.80. The molecule has 0 fully saturated rings. The molecule has 1 amide bonds. The molecule has 0 aromatic heterocycles. The van der Waals surface area contributed by atoms with Gasteiger partial charge in [-0.2, -0.15) is 0 Å². The second kappa shape index (κ2) is 5.19. The minimum absolute atomic E-state index is 0.0960. The topological polar surface area (TPSA) is 41.6 Å². The van der Waals surface area contributed by atoms with E-state index in [4.69, 9.17) is 4.74 Å². The number of rotatable bonds is 3. The molecular weight excluding hydrogens is 216 g/mol. The molecule has 0 aliphatic rings. The zero-order valence-corrected chi connectivity index (χ0v) is 11.3. The second-order valence-corrected chi connectivity index (χ2v) is 4.36. The van der Waals surface area contributed by atoms with Gasteiger partial charge in [-0.15, -0.1) is 0 Å². The van der Waals surface area contributed by atoms with E-state index in [1.807, 2.05) is 26.8 Å². The van der Waals surface area contributed by atoms with Crippen LogP contribution in [0.5, 0.6) is 5.75 Å². The van der Waals surface area contributed by atoms with E-state index in [-0.39, 0.29) is 5.91 Å². The van der Waals surface area contributed by atoms with Crippen molar-refractivity contribution in [2.45, 2.75) is 20.8 Å². The smallest absolute Gasteiger partial charge is 0.265 e. The van der Waals surface area contributed by atoms with Gasteiger partial charge in [-0.3, -0.25) is 10.2 Å². The van der Waals surface area contributed by atoms with Crippen molar-refractivity contribution < 1.29 is 9.53 Å². The summed E-state index contributed by atoms with van der Waals surface area (Å²) in [5.74, 6) is 0.755. The highest BCUT2D eigenvalue weighted by Gasteiger charge is 2.16. The van der Waals surface area contributed by atoms with Gasteiger partial charge in [0.15, 0.2) is 0 Å². The molecule has 1 aromatic carbocycles. The average molecular weight is 236 g/mol. The Hall–Kier alpha value is -1.55. The fourth-order valence-electron chi connectivity index (χ4n) is 1.87. The first-order chi connectivity index (χ1) is 7.88. The maximum absolute atomic E-state index is 12.0. The summed E-state index contributed by atoms with van der Waals surface area (Å²) in [5, 5.41) is 1.64. The number of carbonyl (C=O) groups excluding carboxylic acids is 1. The largest absolute Gasteiger partial charge is 0.496 e. The summed E-state index contributed by atoms with van der Waals surface area (Å²) in [4.78, 5) is 12.0. The van der Waals surface area contributed by atoms with Crippen LogP contribution in [0.1, 0.15) is 27.0 Å². The van der Waals surface area contributed by atoms with Crippen LogP contribution in [0.25, 0.3) is 0 Å². The first-order valence-electron chi connectivity index (χ1n) is 5.51. The lowest BCUT2D eigenvalue weighted by Crippen LogP contribution is -2.36. The van der Waals surface area contributed by atoms with E-state index in [0.29, 0.717) is 5.56 Å². The van der Waals surface area contributed by atoms with Crippen molar-refractivity contribution in [1.29, 1.82) is 0 Å². The molecule has 0 saturated carbocycles. The highest BCUT2D eigenvalue weighted by atomic mass is 16.5. The Labute approximate surface area is 103 Å². The van der Waals surface area contributed by atoms with Gasteiger partial charge in [0.1, 0.15) is 5.75 Å². The SMILES string of the molecule is COc1c(C)cc(C(=O)NN(C)C)c(C)c1C. The van der Waals surface area contributed by atoms with E-state index in [1.165, 1.54) is 0 Å². The highest BCUT2D eigenvalue weighted by molar-refractivity contribution is 5.96. The quantitative estimate of drug-likeness (QED) is 0.814. The van der Waals surface area contributed by atoms with Crippen molar-refractivity contribution in [3.63, 3.8) is 0 Å². The number of methoxy groups -OCH3 is 1. The minimum Gasteiger partial charge on any atom is -0.496 e. The number of hydrogen-bond acceptors (Lipinski definition) is 3. The summed E-state index contributed by atoms with van der Waals surface area (Å²) in [6.07, 6.45) is 0. The van der Waals surface area contributed by atoms with Crippen LogP contribution in [-0.2, 0) is 0 Å². The minimum atomic E-state index is -0.0960. The molecule has 0 atom stereocenters. The zero-order valence-electron chi connectivity index (χ0n) is 11.3. The lowest BCUT2D eigenvalue weighted by Gasteiger charge is -2.17. The van der Waals surface area contributed by atoms with Crippen molar-refractivity contribution in [1.82, 2.24) is 10.4 Å². The molecule has 0 radical (unpaired) electrons. The van der Waals surface area contributed by atoms with Crippen LogP contribution in [0, 0.1) is 20.8 Å². The second-order valence-electron chi connectivity index (χ2n) is 4.36. The van der Waals surface area contributed by atoms with Crippen LogP contribution < -0.4 is 10.2 Å². The van der Waals surface area contributed by atoms with Crippen molar-refractivity contribution in [3.05, 3.63) is 28.3 Å².